The number of benzene rings is 1. The fraction of sp³-hybridized carbons (Fsp3) is 0.667. The molecular formula is C21H34ClN3O5S. The number of amides is 1. The van der Waals surface area contributed by atoms with Crippen LogP contribution in [0.3, 0.4) is 0 Å². The van der Waals surface area contributed by atoms with Gasteiger partial charge in [0, 0.05) is 38.8 Å². The van der Waals surface area contributed by atoms with E-state index in [1.807, 2.05) is 0 Å². The number of piperidine rings is 1. The molecule has 0 saturated carbocycles. The third kappa shape index (κ3) is 6.10. The Hall–Kier alpha value is -1.39. The Morgan fingerprint density at radius 3 is 2.39 bits per heavy atom. The zero-order chi connectivity index (χ0) is 21.7. The number of halogens is 1. The van der Waals surface area contributed by atoms with Gasteiger partial charge in [-0.25, -0.2) is 8.42 Å². The number of carbonyl (C=O) groups excluding carboxylic acids is 1. The highest BCUT2D eigenvalue weighted by Crippen LogP contribution is 2.31. The molecule has 31 heavy (non-hydrogen) atoms. The molecule has 2 heterocycles. The third-order valence-corrected chi connectivity index (χ3v) is 8.07. The number of hydrogen-bond donors (Lipinski definition) is 1. The number of aryl methyl sites for hydroxylation is 2. The molecule has 0 radical (unpaired) electrons. The maximum absolute atomic E-state index is 13.5. The number of ether oxygens (including phenoxy) is 2. The van der Waals surface area contributed by atoms with E-state index in [4.69, 9.17) is 9.47 Å². The van der Waals surface area contributed by atoms with Gasteiger partial charge >= 0.3 is 0 Å². The van der Waals surface area contributed by atoms with Crippen LogP contribution in [0.2, 0.25) is 0 Å². The summed E-state index contributed by atoms with van der Waals surface area (Å²) in [6, 6.07) is 3.24. The summed E-state index contributed by atoms with van der Waals surface area (Å²) in [6.07, 6.45) is 2.51. The molecule has 1 amide bonds. The van der Waals surface area contributed by atoms with E-state index in [0.717, 1.165) is 32.4 Å². The quantitative estimate of drug-likeness (QED) is 0.646. The van der Waals surface area contributed by atoms with Gasteiger partial charge in [-0.15, -0.1) is 12.4 Å². The minimum absolute atomic E-state index is 0. The molecule has 1 N–H and O–H groups in total. The topological polar surface area (TPSA) is 88.2 Å². The maximum Gasteiger partial charge on any atom is 0.248 e. The molecule has 1 atom stereocenters. The Balaban J connectivity index is 0.00000341. The molecule has 3 rings (SSSR count). The number of sulfonamides is 1. The van der Waals surface area contributed by atoms with Gasteiger partial charge in [0.2, 0.25) is 15.9 Å². The third-order valence-electron chi connectivity index (χ3n) is 5.81. The number of carbonyl (C=O) groups is 1. The molecule has 0 aliphatic carbocycles. The van der Waals surface area contributed by atoms with Gasteiger partial charge in [0.25, 0.3) is 0 Å². The summed E-state index contributed by atoms with van der Waals surface area (Å²) in [5, 5.41) is 3.22. The van der Waals surface area contributed by atoms with Crippen molar-refractivity contribution in [3.05, 3.63) is 23.3 Å². The van der Waals surface area contributed by atoms with Crippen molar-refractivity contribution < 1.29 is 22.7 Å². The molecule has 1 aromatic rings. The molecule has 10 heteroatoms. The van der Waals surface area contributed by atoms with E-state index in [0.29, 0.717) is 41.4 Å². The number of hydrogen-bond acceptors (Lipinski definition) is 6. The summed E-state index contributed by atoms with van der Waals surface area (Å²) in [5.74, 6) is 0.609. The molecule has 2 fully saturated rings. The minimum Gasteiger partial charge on any atom is -0.497 e. The second kappa shape index (κ2) is 11.5. The molecule has 2 saturated heterocycles. The molecule has 1 aromatic carbocycles. The summed E-state index contributed by atoms with van der Waals surface area (Å²) < 4.78 is 39.6. The van der Waals surface area contributed by atoms with Crippen LogP contribution in [0, 0.1) is 13.8 Å². The number of piperazine rings is 1. The highest BCUT2D eigenvalue weighted by Gasteiger charge is 2.35. The first-order chi connectivity index (χ1) is 14.3. The molecule has 2 aliphatic heterocycles. The number of rotatable bonds is 7. The largest absolute Gasteiger partial charge is 0.497 e. The Labute approximate surface area is 191 Å². The molecule has 0 aromatic heterocycles. The SMILES string of the molecule is COc1cc(C)c(S(=O)(=O)N2CCCCC2COCC(=O)N2CCNCC2)c(C)c1.Cl. The second-order valence-corrected chi connectivity index (χ2v) is 9.83. The molecule has 2 aliphatic rings. The molecular weight excluding hydrogens is 442 g/mol. The standard InChI is InChI=1S/C21H33N3O5S.ClH/c1-16-12-19(28-3)13-17(2)21(16)30(26,27)24-9-5-4-6-18(24)14-29-15-20(25)23-10-7-22-8-11-23;/h12-13,18,22H,4-11,14-15H2,1-3H3;1H. The van der Waals surface area contributed by atoms with E-state index in [-0.39, 0.29) is 37.6 Å². The first kappa shape index (κ1) is 25.9. The summed E-state index contributed by atoms with van der Waals surface area (Å²) in [6.45, 7) is 7.23. The summed E-state index contributed by atoms with van der Waals surface area (Å²) in [4.78, 5) is 14.4. The van der Waals surface area contributed by atoms with E-state index < -0.39 is 10.0 Å². The Morgan fingerprint density at radius 1 is 1.13 bits per heavy atom. The van der Waals surface area contributed by atoms with Crippen molar-refractivity contribution in [2.75, 3.05) is 53.0 Å². The van der Waals surface area contributed by atoms with Crippen molar-refractivity contribution >= 4 is 28.3 Å². The van der Waals surface area contributed by atoms with Crippen molar-refractivity contribution in [2.45, 2.75) is 44.0 Å². The van der Waals surface area contributed by atoms with Crippen molar-refractivity contribution in [3.63, 3.8) is 0 Å². The average Bonchev–Trinajstić information content (AvgIpc) is 2.73. The van der Waals surface area contributed by atoms with Crippen molar-refractivity contribution in [2.24, 2.45) is 0 Å². The van der Waals surface area contributed by atoms with Gasteiger partial charge < -0.3 is 19.7 Å². The van der Waals surface area contributed by atoms with Crippen LogP contribution in [0.1, 0.15) is 30.4 Å². The van der Waals surface area contributed by atoms with Gasteiger partial charge in [0.1, 0.15) is 12.4 Å². The van der Waals surface area contributed by atoms with Gasteiger partial charge in [0.05, 0.1) is 18.6 Å². The van der Waals surface area contributed by atoms with Crippen molar-refractivity contribution in [1.29, 1.82) is 0 Å². The molecule has 0 bridgehead atoms. The lowest BCUT2D eigenvalue weighted by atomic mass is 10.1. The average molecular weight is 476 g/mol. The fourth-order valence-corrected chi connectivity index (χ4v) is 6.39. The molecule has 8 nitrogen and oxygen atoms in total. The van der Waals surface area contributed by atoms with Gasteiger partial charge in [-0.3, -0.25) is 4.79 Å². The van der Waals surface area contributed by atoms with E-state index in [1.165, 1.54) is 0 Å². The predicted octanol–water partition coefficient (Wildman–Crippen LogP) is 1.73. The van der Waals surface area contributed by atoms with Gasteiger partial charge in [-0.2, -0.15) is 4.31 Å². The van der Waals surface area contributed by atoms with E-state index >= 15 is 0 Å². The lowest BCUT2D eigenvalue weighted by molar-refractivity contribution is -0.137. The summed E-state index contributed by atoms with van der Waals surface area (Å²) in [5.41, 5.74) is 1.34. The van der Waals surface area contributed by atoms with Crippen LogP contribution in [0.5, 0.6) is 5.75 Å². The van der Waals surface area contributed by atoms with Gasteiger partial charge in [-0.05, 0) is 49.9 Å². The minimum atomic E-state index is -3.67. The zero-order valence-corrected chi connectivity index (χ0v) is 20.2. The second-order valence-electron chi connectivity index (χ2n) is 8.00. The van der Waals surface area contributed by atoms with Crippen LogP contribution in [0.4, 0.5) is 0 Å². The van der Waals surface area contributed by atoms with E-state index in [1.54, 1.807) is 42.3 Å². The normalized spacial score (nSPS) is 20.2. The molecule has 1 unspecified atom stereocenters. The Bertz CT molecular complexity index is 836. The summed E-state index contributed by atoms with van der Waals surface area (Å²) in [7, 11) is -2.10. The zero-order valence-electron chi connectivity index (χ0n) is 18.6. The molecule has 0 spiro atoms. The molecule has 176 valence electrons. The first-order valence-electron chi connectivity index (χ1n) is 10.6. The monoisotopic (exact) mass is 475 g/mol. The highest BCUT2D eigenvalue weighted by molar-refractivity contribution is 7.89. The Morgan fingerprint density at radius 2 is 1.77 bits per heavy atom. The lowest BCUT2D eigenvalue weighted by Gasteiger charge is -2.35. The van der Waals surface area contributed by atoms with Crippen molar-refractivity contribution in [3.8, 4) is 5.75 Å². The van der Waals surface area contributed by atoms with E-state index in [2.05, 4.69) is 5.32 Å². The van der Waals surface area contributed by atoms with Gasteiger partial charge in [-0.1, -0.05) is 6.42 Å². The first-order valence-corrected chi connectivity index (χ1v) is 12.0. The van der Waals surface area contributed by atoms with Crippen molar-refractivity contribution in [1.82, 2.24) is 14.5 Å². The van der Waals surface area contributed by atoms with Crippen LogP contribution < -0.4 is 10.1 Å². The van der Waals surface area contributed by atoms with Gasteiger partial charge in [0.15, 0.2) is 0 Å². The maximum atomic E-state index is 13.5. The van der Waals surface area contributed by atoms with Crippen LogP contribution in [-0.4, -0.2) is 82.6 Å². The Kier molecular flexibility index (Phi) is 9.57. The van der Waals surface area contributed by atoms with Crippen LogP contribution >= 0.6 is 12.4 Å². The fourth-order valence-electron chi connectivity index (χ4n) is 4.30. The highest BCUT2D eigenvalue weighted by atomic mass is 35.5. The van der Waals surface area contributed by atoms with Crippen LogP contribution in [0.15, 0.2) is 17.0 Å². The van der Waals surface area contributed by atoms with E-state index in [9.17, 15) is 13.2 Å². The number of methoxy groups -OCH3 is 1. The van der Waals surface area contributed by atoms with Crippen LogP contribution in [0.25, 0.3) is 0 Å². The number of nitrogens with one attached hydrogen (secondary N) is 1. The lowest BCUT2D eigenvalue weighted by Crippen LogP contribution is -2.49. The summed E-state index contributed by atoms with van der Waals surface area (Å²) >= 11 is 0. The number of nitrogens with zero attached hydrogens (tertiary/aromatic N) is 2. The predicted molar refractivity (Wildman–Crippen MR) is 122 cm³/mol. The smallest absolute Gasteiger partial charge is 0.248 e. The van der Waals surface area contributed by atoms with Crippen LogP contribution in [-0.2, 0) is 19.6 Å².